The molecule has 4 aliphatic carbocycles. The molecule has 5 nitrogen and oxygen atoms in total. The molecule has 0 N–H and O–H groups in total. The lowest BCUT2D eigenvalue weighted by atomic mass is 9.52. The highest BCUT2D eigenvalue weighted by molar-refractivity contribution is 5.91. The van der Waals surface area contributed by atoms with Gasteiger partial charge in [-0.3, -0.25) is 14.4 Å². The van der Waals surface area contributed by atoms with Crippen LogP contribution in [0.2, 0.25) is 0 Å². The van der Waals surface area contributed by atoms with Gasteiger partial charge in [-0.1, -0.05) is 53.2 Å². The zero-order valence-corrected chi connectivity index (χ0v) is 23.2. The lowest BCUT2D eigenvalue weighted by Crippen LogP contribution is -2.54. The van der Waals surface area contributed by atoms with E-state index in [9.17, 15) is 14.4 Å². The van der Waals surface area contributed by atoms with Crippen molar-refractivity contribution in [1.29, 1.82) is 0 Å². The molecule has 0 radical (unpaired) electrons. The maximum Gasteiger partial charge on any atom is 0.305 e. The summed E-state index contributed by atoms with van der Waals surface area (Å²) in [4.78, 5) is 38.0. The van der Waals surface area contributed by atoms with Crippen molar-refractivity contribution in [1.82, 2.24) is 0 Å². The van der Waals surface area contributed by atoms with E-state index in [1.54, 1.807) is 0 Å². The predicted molar refractivity (Wildman–Crippen MR) is 135 cm³/mol. The van der Waals surface area contributed by atoms with Crippen LogP contribution < -0.4 is 0 Å². The van der Waals surface area contributed by atoms with E-state index < -0.39 is 5.41 Å². The normalized spacial score (nSPS) is 42.7. The number of hydrogen-bond acceptors (Lipinski definition) is 5. The third-order valence-electron chi connectivity index (χ3n) is 11.6. The molecule has 196 valence electrons. The van der Waals surface area contributed by atoms with Crippen molar-refractivity contribution in [2.24, 2.45) is 45.3 Å². The second kappa shape index (κ2) is 8.73. The van der Waals surface area contributed by atoms with Crippen LogP contribution in [0.15, 0.2) is 11.6 Å². The van der Waals surface area contributed by atoms with Gasteiger partial charge in [0, 0.05) is 30.1 Å². The summed E-state index contributed by atoms with van der Waals surface area (Å²) in [5, 5.41) is 0. The summed E-state index contributed by atoms with van der Waals surface area (Å²) in [6, 6.07) is 0. The van der Waals surface area contributed by atoms with E-state index in [4.69, 9.17) is 9.47 Å². The highest BCUT2D eigenvalue weighted by atomic mass is 16.5. The molecule has 0 bridgehead atoms. The quantitative estimate of drug-likeness (QED) is 0.337. The summed E-state index contributed by atoms with van der Waals surface area (Å²) < 4.78 is 10.6. The molecule has 4 aliphatic rings. The maximum absolute atomic E-state index is 14.4. The first kappa shape index (κ1) is 26.4. The summed E-state index contributed by atoms with van der Waals surface area (Å²) in [5.41, 5.74) is 0.793. The van der Waals surface area contributed by atoms with Crippen molar-refractivity contribution < 1.29 is 23.9 Å². The van der Waals surface area contributed by atoms with Crippen molar-refractivity contribution >= 4 is 17.7 Å². The average Bonchev–Trinajstić information content (AvgIpc) is 3.12. The number of methoxy groups -OCH3 is 1. The predicted octanol–water partition coefficient (Wildman–Crippen LogP) is 6.29. The molecule has 0 aromatic rings. The Balaban J connectivity index is 1.65. The topological polar surface area (TPSA) is 69.7 Å². The summed E-state index contributed by atoms with van der Waals surface area (Å²) in [7, 11) is 1.46. The Labute approximate surface area is 211 Å². The van der Waals surface area contributed by atoms with Gasteiger partial charge >= 0.3 is 11.9 Å². The molecule has 0 aromatic heterocycles. The monoisotopic (exact) mass is 486 g/mol. The van der Waals surface area contributed by atoms with Crippen molar-refractivity contribution in [3.63, 3.8) is 0 Å². The molecule has 0 aliphatic heterocycles. The third-order valence-corrected chi connectivity index (χ3v) is 11.6. The van der Waals surface area contributed by atoms with Gasteiger partial charge in [0.25, 0.3) is 0 Å². The molecular formula is C30H46O5. The van der Waals surface area contributed by atoms with Crippen molar-refractivity contribution in [3.05, 3.63) is 11.6 Å². The number of carbonyl (C=O) groups excluding carboxylic acids is 3. The van der Waals surface area contributed by atoms with E-state index in [0.29, 0.717) is 24.0 Å². The van der Waals surface area contributed by atoms with Gasteiger partial charge in [-0.25, -0.2) is 0 Å². The van der Waals surface area contributed by atoms with Crippen LogP contribution in [0, 0.1) is 45.3 Å². The minimum Gasteiger partial charge on any atom is -0.469 e. The lowest BCUT2D eigenvalue weighted by Gasteiger charge is -2.53. The number of ketones is 1. The zero-order chi connectivity index (χ0) is 26.0. The summed E-state index contributed by atoms with van der Waals surface area (Å²) in [6.07, 6.45) is 9.15. The Morgan fingerprint density at radius 3 is 2.43 bits per heavy atom. The van der Waals surface area contributed by atoms with Gasteiger partial charge < -0.3 is 9.47 Å². The maximum atomic E-state index is 14.4. The second-order valence-corrected chi connectivity index (χ2v) is 13.4. The minimum absolute atomic E-state index is 0.0147. The smallest absolute Gasteiger partial charge is 0.305 e. The summed E-state index contributed by atoms with van der Waals surface area (Å²) in [6.45, 7) is 15.2. The van der Waals surface area contributed by atoms with Gasteiger partial charge in [0.2, 0.25) is 0 Å². The zero-order valence-electron chi connectivity index (χ0n) is 23.2. The number of Topliss-reactive ketones (excluding diaryl/α,β-unsaturated/α-hetero) is 1. The number of fused-ring (bicyclic) bond motifs is 4. The van der Waals surface area contributed by atoms with E-state index in [2.05, 4.69) is 47.6 Å². The Hall–Kier alpha value is -1.65. The van der Waals surface area contributed by atoms with Gasteiger partial charge in [-0.15, -0.1) is 0 Å². The standard InChI is InChI=1S/C30H46O5/c1-18(9-12-25(32)34-8)21-13-16-29(6)22-10-11-23-27(3,4)24(35-19(2)31)14-15-28(23,5)26(33)20(22)17-30(21,29)7/h10,18,20-21,23-24H,9,11-17H2,1-8H3/t18-,20-,21-,23+,24+,28+,29+,30-/m1/s1. The highest BCUT2D eigenvalue weighted by Crippen LogP contribution is 2.72. The highest BCUT2D eigenvalue weighted by Gasteiger charge is 2.67. The van der Waals surface area contributed by atoms with Crippen LogP contribution in [-0.4, -0.2) is 30.9 Å². The molecule has 4 rings (SSSR count). The number of carbonyl (C=O) groups is 3. The molecule has 35 heavy (non-hydrogen) atoms. The fourth-order valence-electron chi connectivity index (χ4n) is 9.32. The SMILES string of the molecule is COC(=O)CC[C@@H](C)[C@H]1CC[C@@]2(C)C3=CC[C@H]4C(C)(C)[C@@H](OC(C)=O)CC[C@]4(C)C(=O)[C@@H]3C[C@]12C. The first-order valence-electron chi connectivity index (χ1n) is 13.7. The number of esters is 2. The van der Waals surface area contributed by atoms with Crippen molar-refractivity contribution in [3.8, 4) is 0 Å². The van der Waals surface area contributed by atoms with Gasteiger partial charge in [0.05, 0.1) is 7.11 Å². The number of allylic oxidation sites excluding steroid dienone is 2. The van der Waals surface area contributed by atoms with Crippen LogP contribution in [-0.2, 0) is 23.9 Å². The van der Waals surface area contributed by atoms with Gasteiger partial charge in [0.15, 0.2) is 0 Å². The van der Waals surface area contributed by atoms with Crippen LogP contribution in [0.1, 0.15) is 99.8 Å². The van der Waals surface area contributed by atoms with Gasteiger partial charge in [-0.05, 0) is 73.5 Å². The van der Waals surface area contributed by atoms with E-state index in [-0.39, 0.29) is 46.1 Å². The van der Waals surface area contributed by atoms with Crippen molar-refractivity contribution in [2.45, 2.75) is 106 Å². The van der Waals surface area contributed by atoms with Crippen LogP contribution in [0.3, 0.4) is 0 Å². The average molecular weight is 487 g/mol. The number of rotatable bonds is 5. The van der Waals surface area contributed by atoms with Crippen LogP contribution in [0.4, 0.5) is 0 Å². The summed E-state index contributed by atoms with van der Waals surface area (Å²) >= 11 is 0. The molecule has 0 heterocycles. The van der Waals surface area contributed by atoms with Crippen LogP contribution in [0.5, 0.6) is 0 Å². The molecule has 3 fully saturated rings. The Bertz CT molecular complexity index is 933. The molecule has 8 atom stereocenters. The number of hydrogen-bond donors (Lipinski definition) is 0. The first-order chi connectivity index (χ1) is 16.2. The lowest BCUT2D eigenvalue weighted by molar-refractivity contribution is -0.171. The van der Waals surface area contributed by atoms with Crippen LogP contribution >= 0.6 is 0 Å². The van der Waals surface area contributed by atoms with E-state index in [1.165, 1.54) is 19.6 Å². The Morgan fingerprint density at radius 2 is 1.80 bits per heavy atom. The molecule has 3 saturated carbocycles. The van der Waals surface area contributed by atoms with Gasteiger partial charge in [-0.2, -0.15) is 0 Å². The summed E-state index contributed by atoms with van der Waals surface area (Å²) in [5.74, 6) is 1.10. The van der Waals surface area contributed by atoms with E-state index in [0.717, 1.165) is 44.9 Å². The number of ether oxygens (including phenoxy) is 2. The largest absolute Gasteiger partial charge is 0.469 e. The Morgan fingerprint density at radius 1 is 1.11 bits per heavy atom. The fraction of sp³-hybridized carbons (Fsp3) is 0.833. The first-order valence-corrected chi connectivity index (χ1v) is 13.7. The second-order valence-electron chi connectivity index (χ2n) is 13.4. The molecule has 0 spiro atoms. The fourth-order valence-corrected chi connectivity index (χ4v) is 9.32. The molecule has 0 aromatic carbocycles. The van der Waals surface area contributed by atoms with Crippen LogP contribution in [0.25, 0.3) is 0 Å². The molecular weight excluding hydrogens is 440 g/mol. The Kier molecular flexibility index (Phi) is 6.59. The van der Waals surface area contributed by atoms with Gasteiger partial charge in [0.1, 0.15) is 11.9 Å². The minimum atomic E-state index is -0.402. The molecule has 0 saturated heterocycles. The molecule has 5 heteroatoms. The third kappa shape index (κ3) is 3.82. The molecule has 0 amide bonds. The van der Waals surface area contributed by atoms with Crippen molar-refractivity contribution in [2.75, 3.05) is 7.11 Å². The molecule has 0 unspecified atom stereocenters. The van der Waals surface area contributed by atoms with E-state index >= 15 is 0 Å². The van der Waals surface area contributed by atoms with E-state index in [1.807, 2.05) is 0 Å².